The van der Waals surface area contributed by atoms with E-state index >= 15 is 0 Å². The van der Waals surface area contributed by atoms with Gasteiger partial charge in [-0.15, -0.1) is 0 Å². The van der Waals surface area contributed by atoms with Crippen LogP contribution >= 0.6 is 0 Å². The average Bonchev–Trinajstić information content (AvgIpc) is 3.25. The zero-order chi connectivity index (χ0) is 17.8. The van der Waals surface area contributed by atoms with Crippen molar-refractivity contribution in [3.05, 3.63) is 29.8 Å². The Morgan fingerprint density at radius 3 is 2.88 bits per heavy atom. The van der Waals surface area contributed by atoms with E-state index in [9.17, 15) is 14.4 Å². The smallest absolute Gasteiger partial charge is 0.339 e. The number of hydrogen-bond donors (Lipinski definition) is 1. The summed E-state index contributed by atoms with van der Waals surface area (Å²) in [5, 5.41) is 2.75. The van der Waals surface area contributed by atoms with Gasteiger partial charge in [-0.3, -0.25) is 9.59 Å². The number of hydrogen-bond acceptors (Lipinski definition) is 5. The van der Waals surface area contributed by atoms with Crippen LogP contribution in [0, 0.1) is 5.92 Å². The van der Waals surface area contributed by atoms with Crippen LogP contribution in [0.4, 0.5) is 5.69 Å². The van der Waals surface area contributed by atoms with Crippen LogP contribution < -0.4 is 5.32 Å². The summed E-state index contributed by atoms with van der Waals surface area (Å²) < 4.78 is 10.3. The fourth-order valence-electron chi connectivity index (χ4n) is 3.27. The fraction of sp³-hybridized carbons (Fsp3) is 0.500. The number of carbonyl (C=O) groups is 3. The Morgan fingerprint density at radius 1 is 1.36 bits per heavy atom. The molecule has 1 aromatic rings. The minimum atomic E-state index is -0.515. The van der Waals surface area contributed by atoms with Gasteiger partial charge in [0.05, 0.1) is 30.4 Å². The molecule has 2 saturated heterocycles. The van der Waals surface area contributed by atoms with Gasteiger partial charge in [0.25, 0.3) is 0 Å². The normalized spacial score (nSPS) is 22.9. The molecular weight excluding hydrogens is 324 g/mol. The molecule has 0 bridgehead atoms. The van der Waals surface area contributed by atoms with E-state index in [0.717, 1.165) is 19.4 Å². The van der Waals surface area contributed by atoms with Crippen LogP contribution in [-0.4, -0.2) is 55.6 Å². The van der Waals surface area contributed by atoms with Crippen molar-refractivity contribution in [2.24, 2.45) is 5.92 Å². The zero-order valence-electron chi connectivity index (χ0n) is 14.2. The first-order valence-electron chi connectivity index (χ1n) is 8.46. The number of anilines is 1. The summed E-state index contributed by atoms with van der Waals surface area (Å²) in [6.07, 6.45) is 2.22. The summed E-state index contributed by atoms with van der Waals surface area (Å²) >= 11 is 0. The SMILES string of the molecule is COC(=O)c1ccccc1NC(=O)C1CC(=O)N(CC2CCCO2)C1. The molecule has 2 atom stereocenters. The minimum Gasteiger partial charge on any atom is -0.465 e. The number of rotatable bonds is 5. The highest BCUT2D eigenvalue weighted by Crippen LogP contribution is 2.24. The van der Waals surface area contributed by atoms with E-state index in [4.69, 9.17) is 9.47 Å². The van der Waals surface area contributed by atoms with E-state index < -0.39 is 11.9 Å². The first-order valence-corrected chi connectivity index (χ1v) is 8.46. The number of nitrogens with zero attached hydrogens (tertiary/aromatic N) is 1. The van der Waals surface area contributed by atoms with E-state index in [0.29, 0.717) is 24.3 Å². The number of benzene rings is 1. The molecule has 7 nitrogen and oxygen atoms in total. The molecule has 2 unspecified atom stereocenters. The molecular formula is C18H22N2O5. The minimum absolute atomic E-state index is 0.0306. The summed E-state index contributed by atoms with van der Waals surface area (Å²) in [6, 6.07) is 6.66. The van der Waals surface area contributed by atoms with Gasteiger partial charge in [-0.1, -0.05) is 12.1 Å². The Kier molecular flexibility index (Phi) is 5.33. The maximum absolute atomic E-state index is 12.5. The Hall–Kier alpha value is -2.41. The van der Waals surface area contributed by atoms with Crippen molar-refractivity contribution in [1.82, 2.24) is 4.90 Å². The van der Waals surface area contributed by atoms with E-state index in [-0.39, 0.29) is 24.3 Å². The highest BCUT2D eigenvalue weighted by Gasteiger charge is 2.36. The van der Waals surface area contributed by atoms with Crippen LogP contribution in [0.1, 0.15) is 29.6 Å². The predicted molar refractivity (Wildman–Crippen MR) is 90.1 cm³/mol. The molecule has 2 heterocycles. The topological polar surface area (TPSA) is 84.9 Å². The molecule has 1 N–H and O–H groups in total. The molecule has 0 radical (unpaired) electrons. The first-order chi connectivity index (χ1) is 12.1. The van der Waals surface area contributed by atoms with Gasteiger partial charge in [-0.25, -0.2) is 4.79 Å². The molecule has 2 aliphatic rings. The Labute approximate surface area is 146 Å². The summed E-state index contributed by atoms with van der Waals surface area (Å²) in [6.45, 7) is 1.66. The van der Waals surface area contributed by atoms with E-state index in [2.05, 4.69) is 5.32 Å². The number of nitrogens with one attached hydrogen (secondary N) is 1. The standard InChI is InChI=1S/C18H22N2O5/c1-24-18(23)14-6-2-3-7-15(14)19-17(22)12-9-16(21)20(10-12)11-13-5-4-8-25-13/h2-3,6-7,12-13H,4-5,8-11H2,1H3,(H,19,22). The average molecular weight is 346 g/mol. The van der Waals surface area contributed by atoms with E-state index in [1.807, 2.05) is 0 Å². The second-order valence-electron chi connectivity index (χ2n) is 6.36. The highest BCUT2D eigenvalue weighted by atomic mass is 16.5. The fourth-order valence-corrected chi connectivity index (χ4v) is 3.27. The molecule has 2 fully saturated rings. The largest absolute Gasteiger partial charge is 0.465 e. The molecule has 0 spiro atoms. The van der Waals surface area contributed by atoms with Crippen molar-refractivity contribution in [2.75, 3.05) is 32.1 Å². The number of esters is 1. The van der Waals surface area contributed by atoms with Crippen LogP contribution in [0.2, 0.25) is 0 Å². The molecule has 0 aliphatic carbocycles. The van der Waals surface area contributed by atoms with E-state index in [1.165, 1.54) is 7.11 Å². The number of methoxy groups -OCH3 is 1. The molecule has 0 saturated carbocycles. The predicted octanol–water partition coefficient (Wildman–Crippen LogP) is 1.44. The maximum atomic E-state index is 12.5. The molecule has 134 valence electrons. The lowest BCUT2D eigenvalue weighted by Crippen LogP contribution is -2.34. The van der Waals surface area contributed by atoms with Crippen molar-refractivity contribution in [2.45, 2.75) is 25.4 Å². The van der Waals surface area contributed by atoms with Crippen molar-refractivity contribution >= 4 is 23.5 Å². The molecule has 7 heteroatoms. The van der Waals surface area contributed by atoms with Crippen molar-refractivity contribution in [3.63, 3.8) is 0 Å². The van der Waals surface area contributed by atoms with Crippen LogP contribution in [0.25, 0.3) is 0 Å². The molecule has 1 aromatic carbocycles. The van der Waals surface area contributed by atoms with Gasteiger partial charge in [-0.05, 0) is 25.0 Å². The van der Waals surface area contributed by atoms with Crippen LogP contribution in [0.15, 0.2) is 24.3 Å². The van der Waals surface area contributed by atoms with Crippen LogP contribution in [-0.2, 0) is 19.1 Å². The first kappa shape index (κ1) is 17.4. The van der Waals surface area contributed by atoms with E-state index in [1.54, 1.807) is 29.2 Å². The number of likely N-dealkylation sites (tertiary alicyclic amines) is 1. The van der Waals surface area contributed by atoms with Gasteiger partial charge in [0.2, 0.25) is 11.8 Å². The third kappa shape index (κ3) is 3.99. The second kappa shape index (κ2) is 7.65. The highest BCUT2D eigenvalue weighted by molar-refractivity contribution is 6.03. The lowest BCUT2D eigenvalue weighted by molar-refractivity contribution is -0.129. The van der Waals surface area contributed by atoms with Gasteiger partial charge in [0.15, 0.2) is 0 Å². The van der Waals surface area contributed by atoms with Crippen molar-refractivity contribution in [1.29, 1.82) is 0 Å². The third-order valence-electron chi connectivity index (χ3n) is 4.62. The van der Waals surface area contributed by atoms with Crippen molar-refractivity contribution in [3.8, 4) is 0 Å². The number of para-hydroxylation sites is 1. The molecule has 2 amide bonds. The van der Waals surface area contributed by atoms with Crippen LogP contribution in [0.5, 0.6) is 0 Å². The van der Waals surface area contributed by atoms with Gasteiger partial charge >= 0.3 is 5.97 Å². The molecule has 0 aromatic heterocycles. The van der Waals surface area contributed by atoms with Crippen LogP contribution in [0.3, 0.4) is 0 Å². The quantitative estimate of drug-likeness (QED) is 0.816. The summed E-state index contributed by atoms with van der Waals surface area (Å²) in [5.74, 6) is -1.24. The van der Waals surface area contributed by atoms with Gasteiger partial charge in [0, 0.05) is 26.1 Å². The molecule has 25 heavy (non-hydrogen) atoms. The Bertz CT molecular complexity index is 669. The summed E-state index contributed by atoms with van der Waals surface area (Å²) in [7, 11) is 1.29. The lowest BCUT2D eigenvalue weighted by Gasteiger charge is -2.20. The lowest BCUT2D eigenvalue weighted by atomic mass is 10.1. The zero-order valence-corrected chi connectivity index (χ0v) is 14.2. The molecule has 3 rings (SSSR count). The molecule has 2 aliphatic heterocycles. The third-order valence-corrected chi connectivity index (χ3v) is 4.62. The van der Waals surface area contributed by atoms with Gasteiger partial charge < -0.3 is 19.7 Å². The van der Waals surface area contributed by atoms with Crippen molar-refractivity contribution < 1.29 is 23.9 Å². The summed E-state index contributed by atoms with van der Waals surface area (Å²) in [4.78, 5) is 38.2. The maximum Gasteiger partial charge on any atom is 0.339 e. The Morgan fingerprint density at radius 2 is 2.16 bits per heavy atom. The summed E-state index contributed by atoms with van der Waals surface area (Å²) in [5.41, 5.74) is 0.684. The number of carbonyl (C=O) groups excluding carboxylic acids is 3. The van der Waals surface area contributed by atoms with Gasteiger partial charge in [0.1, 0.15) is 0 Å². The number of amides is 2. The monoisotopic (exact) mass is 346 g/mol. The second-order valence-corrected chi connectivity index (χ2v) is 6.36. The Balaban J connectivity index is 1.62. The number of ether oxygens (including phenoxy) is 2. The van der Waals surface area contributed by atoms with Gasteiger partial charge in [-0.2, -0.15) is 0 Å².